The standard InChI is InChI=1S/C17H17N3OS2/c1-10-16(15-8-7-12(23-15)9-19-11(2)21)20-17(22-10)13-5-3-4-6-14(13)18/h3-8H,9,18H2,1-2H3,(H,19,21). The van der Waals surface area contributed by atoms with Crippen LogP contribution in [0.4, 0.5) is 5.69 Å². The maximum absolute atomic E-state index is 11.0. The highest BCUT2D eigenvalue weighted by molar-refractivity contribution is 7.17. The molecule has 0 atom stereocenters. The highest BCUT2D eigenvalue weighted by atomic mass is 32.1. The minimum atomic E-state index is -0.0216. The summed E-state index contributed by atoms with van der Waals surface area (Å²) in [5.74, 6) is -0.0216. The number of aryl methyl sites for hydroxylation is 1. The Kier molecular flexibility index (Phi) is 4.45. The van der Waals surface area contributed by atoms with Gasteiger partial charge in [0, 0.05) is 27.9 Å². The van der Waals surface area contributed by atoms with Gasteiger partial charge in [0.2, 0.25) is 5.91 Å². The zero-order chi connectivity index (χ0) is 16.4. The van der Waals surface area contributed by atoms with E-state index in [0.717, 1.165) is 36.6 Å². The van der Waals surface area contributed by atoms with Crippen molar-refractivity contribution in [2.24, 2.45) is 0 Å². The van der Waals surface area contributed by atoms with Gasteiger partial charge in [0.25, 0.3) is 0 Å². The van der Waals surface area contributed by atoms with E-state index in [1.165, 1.54) is 6.92 Å². The fourth-order valence-corrected chi connectivity index (χ4v) is 4.28. The third-order valence-electron chi connectivity index (χ3n) is 3.39. The molecule has 4 nitrogen and oxygen atoms in total. The molecule has 1 amide bonds. The summed E-state index contributed by atoms with van der Waals surface area (Å²) in [4.78, 5) is 19.2. The predicted molar refractivity (Wildman–Crippen MR) is 97.5 cm³/mol. The number of hydrogen-bond donors (Lipinski definition) is 2. The highest BCUT2D eigenvalue weighted by Crippen LogP contribution is 2.37. The van der Waals surface area contributed by atoms with E-state index < -0.39 is 0 Å². The Morgan fingerprint density at radius 1 is 1.22 bits per heavy atom. The highest BCUT2D eigenvalue weighted by Gasteiger charge is 2.14. The summed E-state index contributed by atoms with van der Waals surface area (Å²) in [5.41, 5.74) is 8.76. The molecule has 6 heteroatoms. The number of hydrogen-bond acceptors (Lipinski definition) is 5. The predicted octanol–water partition coefficient (Wildman–Crippen LogP) is 4.07. The lowest BCUT2D eigenvalue weighted by molar-refractivity contribution is -0.119. The number of amides is 1. The van der Waals surface area contributed by atoms with Crippen LogP contribution in [0.1, 0.15) is 16.7 Å². The summed E-state index contributed by atoms with van der Waals surface area (Å²) in [6.07, 6.45) is 0. The summed E-state index contributed by atoms with van der Waals surface area (Å²) in [7, 11) is 0. The zero-order valence-electron chi connectivity index (χ0n) is 12.9. The lowest BCUT2D eigenvalue weighted by Gasteiger charge is -2.00. The summed E-state index contributed by atoms with van der Waals surface area (Å²) in [6.45, 7) is 4.15. The number of nitrogens with two attached hydrogens (primary N) is 1. The van der Waals surface area contributed by atoms with Gasteiger partial charge in [0.1, 0.15) is 5.01 Å². The molecule has 0 aliphatic heterocycles. The minimum Gasteiger partial charge on any atom is -0.398 e. The largest absolute Gasteiger partial charge is 0.398 e. The van der Waals surface area contributed by atoms with Gasteiger partial charge in [0.05, 0.1) is 17.1 Å². The Bertz CT molecular complexity index is 851. The molecule has 3 aromatic rings. The van der Waals surface area contributed by atoms with Crippen LogP contribution in [0.5, 0.6) is 0 Å². The Morgan fingerprint density at radius 3 is 2.74 bits per heavy atom. The van der Waals surface area contributed by atoms with Gasteiger partial charge in [-0.2, -0.15) is 0 Å². The molecular weight excluding hydrogens is 326 g/mol. The molecule has 23 heavy (non-hydrogen) atoms. The van der Waals surface area contributed by atoms with Gasteiger partial charge < -0.3 is 11.1 Å². The molecule has 1 aromatic carbocycles. The van der Waals surface area contributed by atoms with Crippen LogP contribution in [0.2, 0.25) is 0 Å². The van der Waals surface area contributed by atoms with E-state index in [2.05, 4.69) is 18.3 Å². The molecule has 3 N–H and O–H groups in total. The van der Waals surface area contributed by atoms with Gasteiger partial charge in [0.15, 0.2) is 0 Å². The fraction of sp³-hybridized carbons (Fsp3) is 0.176. The Balaban J connectivity index is 1.90. The first-order valence-electron chi connectivity index (χ1n) is 7.20. The van der Waals surface area contributed by atoms with E-state index in [-0.39, 0.29) is 5.91 Å². The second-order valence-electron chi connectivity index (χ2n) is 5.19. The summed E-state index contributed by atoms with van der Waals surface area (Å²) in [6, 6.07) is 11.9. The van der Waals surface area contributed by atoms with Crippen LogP contribution in [0, 0.1) is 6.92 Å². The SMILES string of the molecule is CC(=O)NCc1ccc(-c2nc(-c3ccccc3N)sc2C)s1. The van der Waals surface area contributed by atoms with E-state index in [1.807, 2.05) is 30.3 Å². The van der Waals surface area contributed by atoms with Crippen molar-refractivity contribution in [3.8, 4) is 21.1 Å². The summed E-state index contributed by atoms with van der Waals surface area (Å²) < 4.78 is 0. The first kappa shape index (κ1) is 15.7. The number of thiophene rings is 1. The molecule has 0 saturated carbocycles. The molecular formula is C17H17N3OS2. The normalized spacial score (nSPS) is 10.7. The maximum atomic E-state index is 11.0. The van der Waals surface area contributed by atoms with Crippen LogP contribution in [0.15, 0.2) is 36.4 Å². The van der Waals surface area contributed by atoms with Crippen molar-refractivity contribution >= 4 is 34.3 Å². The molecule has 0 saturated heterocycles. The van der Waals surface area contributed by atoms with E-state index in [9.17, 15) is 4.79 Å². The quantitative estimate of drug-likeness (QED) is 0.702. The average molecular weight is 343 g/mol. The molecule has 2 heterocycles. The number of thiazole rings is 1. The van der Waals surface area contributed by atoms with E-state index in [4.69, 9.17) is 10.7 Å². The Morgan fingerprint density at radius 2 is 2.00 bits per heavy atom. The van der Waals surface area contributed by atoms with Crippen LogP contribution >= 0.6 is 22.7 Å². The third-order valence-corrected chi connectivity index (χ3v) is 5.49. The van der Waals surface area contributed by atoms with Crippen molar-refractivity contribution in [1.29, 1.82) is 0 Å². The number of carbonyl (C=O) groups excluding carboxylic acids is 1. The third kappa shape index (κ3) is 3.43. The van der Waals surface area contributed by atoms with Crippen molar-refractivity contribution in [3.05, 3.63) is 46.2 Å². The Labute approximate surface area is 143 Å². The van der Waals surface area contributed by atoms with E-state index >= 15 is 0 Å². The number of nitrogens with zero attached hydrogens (tertiary/aromatic N) is 1. The summed E-state index contributed by atoms with van der Waals surface area (Å²) in [5, 5.41) is 3.75. The molecule has 0 radical (unpaired) electrons. The number of nitrogens with one attached hydrogen (secondary N) is 1. The van der Waals surface area contributed by atoms with Gasteiger partial charge in [-0.25, -0.2) is 4.98 Å². The first-order valence-corrected chi connectivity index (χ1v) is 8.83. The van der Waals surface area contributed by atoms with Gasteiger partial charge in [-0.1, -0.05) is 12.1 Å². The molecule has 118 valence electrons. The lowest BCUT2D eigenvalue weighted by Crippen LogP contribution is -2.17. The van der Waals surface area contributed by atoms with Crippen LogP contribution in [-0.2, 0) is 11.3 Å². The number of anilines is 1. The lowest BCUT2D eigenvalue weighted by atomic mass is 10.2. The average Bonchev–Trinajstić information content (AvgIpc) is 3.12. The zero-order valence-corrected chi connectivity index (χ0v) is 14.6. The second kappa shape index (κ2) is 6.52. The topological polar surface area (TPSA) is 68.0 Å². The maximum Gasteiger partial charge on any atom is 0.217 e. The number of carbonyl (C=O) groups is 1. The van der Waals surface area contributed by atoms with Crippen molar-refractivity contribution < 1.29 is 4.79 Å². The fourth-order valence-electron chi connectivity index (χ4n) is 2.24. The van der Waals surface area contributed by atoms with Crippen molar-refractivity contribution in [3.63, 3.8) is 0 Å². The molecule has 3 rings (SSSR count). The number of rotatable bonds is 4. The first-order chi connectivity index (χ1) is 11.0. The molecule has 0 bridgehead atoms. The van der Waals surface area contributed by atoms with Crippen molar-refractivity contribution in [2.45, 2.75) is 20.4 Å². The van der Waals surface area contributed by atoms with Gasteiger partial charge in [-0.05, 0) is 31.2 Å². The number of aromatic nitrogens is 1. The summed E-state index contributed by atoms with van der Waals surface area (Å²) >= 11 is 3.30. The van der Waals surface area contributed by atoms with Crippen molar-refractivity contribution in [2.75, 3.05) is 5.73 Å². The van der Waals surface area contributed by atoms with Crippen LogP contribution in [0.3, 0.4) is 0 Å². The van der Waals surface area contributed by atoms with Crippen LogP contribution in [-0.4, -0.2) is 10.9 Å². The number of nitrogen functional groups attached to an aromatic ring is 1. The van der Waals surface area contributed by atoms with E-state index in [0.29, 0.717) is 6.54 Å². The van der Waals surface area contributed by atoms with E-state index in [1.54, 1.807) is 22.7 Å². The molecule has 0 aliphatic rings. The van der Waals surface area contributed by atoms with Crippen LogP contribution in [0.25, 0.3) is 21.1 Å². The molecule has 0 unspecified atom stereocenters. The minimum absolute atomic E-state index is 0.0216. The van der Waals surface area contributed by atoms with Gasteiger partial charge in [-0.15, -0.1) is 22.7 Å². The molecule has 0 aliphatic carbocycles. The van der Waals surface area contributed by atoms with Gasteiger partial charge in [-0.3, -0.25) is 4.79 Å². The second-order valence-corrected chi connectivity index (χ2v) is 7.56. The van der Waals surface area contributed by atoms with Crippen LogP contribution < -0.4 is 11.1 Å². The number of benzene rings is 1. The molecule has 0 spiro atoms. The Hall–Kier alpha value is -2.18. The van der Waals surface area contributed by atoms with Crippen molar-refractivity contribution in [1.82, 2.24) is 10.3 Å². The number of para-hydroxylation sites is 1. The monoisotopic (exact) mass is 343 g/mol. The smallest absolute Gasteiger partial charge is 0.217 e. The van der Waals surface area contributed by atoms with Gasteiger partial charge >= 0.3 is 0 Å². The molecule has 2 aromatic heterocycles. The molecule has 0 fully saturated rings.